The minimum atomic E-state index is -4.05. The van der Waals surface area contributed by atoms with Crippen LogP contribution in [0, 0.1) is 19.8 Å². The number of nitrogens with one attached hydrogen (secondary N) is 1. The predicted octanol–water partition coefficient (Wildman–Crippen LogP) is 4.84. The molecule has 1 aliphatic carbocycles. The Hall–Kier alpha value is -1.19. The van der Waals surface area contributed by atoms with E-state index in [2.05, 4.69) is 5.32 Å². The maximum absolute atomic E-state index is 12.7. The first-order chi connectivity index (χ1) is 8.86. The normalized spacial score (nSPS) is 24.3. The average Bonchev–Trinajstić information content (AvgIpc) is 2.33. The largest absolute Gasteiger partial charge is 0.391 e. The van der Waals surface area contributed by atoms with E-state index in [0.29, 0.717) is 6.42 Å². The third-order valence-electron chi connectivity index (χ3n) is 4.01. The van der Waals surface area contributed by atoms with Crippen molar-refractivity contribution >= 4 is 5.69 Å². The third-order valence-corrected chi connectivity index (χ3v) is 4.01. The van der Waals surface area contributed by atoms with E-state index in [-0.39, 0.29) is 18.9 Å². The first-order valence-corrected chi connectivity index (χ1v) is 6.77. The maximum Gasteiger partial charge on any atom is 0.391 e. The van der Waals surface area contributed by atoms with Gasteiger partial charge in [0, 0.05) is 11.7 Å². The lowest BCUT2D eigenvalue weighted by molar-refractivity contribution is -0.182. The Balaban J connectivity index is 2.00. The van der Waals surface area contributed by atoms with Crippen molar-refractivity contribution in [1.29, 1.82) is 0 Å². The number of hydrogen-bond donors (Lipinski definition) is 1. The SMILES string of the molecule is Cc1ccc(NC2CCCC(C(F)(F)F)C2)cc1C. The van der Waals surface area contributed by atoms with Gasteiger partial charge in [0.15, 0.2) is 0 Å². The van der Waals surface area contributed by atoms with Gasteiger partial charge in [-0.1, -0.05) is 12.5 Å². The van der Waals surface area contributed by atoms with Gasteiger partial charge in [-0.05, 0) is 56.4 Å². The molecular weight excluding hydrogens is 251 g/mol. The summed E-state index contributed by atoms with van der Waals surface area (Å²) in [6, 6.07) is 5.89. The van der Waals surface area contributed by atoms with Crippen LogP contribution in [0.15, 0.2) is 18.2 Å². The lowest BCUT2D eigenvalue weighted by Gasteiger charge is -2.31. The van der Waals surface area contributed by atoms with Gasteiger partial charge in [-0.2, -0.15) is 13.2 Å². The summed E-state index contributed by atoms with van der Waals surface area (Å²) in [5.41, 5.74) is 3.28. The van der Waals surface area contributed by atoms with Crippen molar-refractivity contribution in [2.45, 2.75) is 51.7 Å². The average molecular weight is 271 g/mol. The summed E-state index contributed by atoms with van der Waals surface area (Å²) in [6.45, 7) is 4.04. The second-order valence-corrected chi connectivity index (χ2v) is 5.55. The van der Waals surface area contributed by atoms with Crippen molar-refractivity contribution in [2.24, 2.45) is 5.92 Å². The zero-order valence-electron chi connectivity index (χ0n) is 11.3. The van der Waals surface area contributed by atoms with Crippen molar-refractivity contribution < 1.29 is 13.2 Å². The zero-order valence-corrected chi connectivity index (χ0v) is 11.3. The lowest BCUT2D eigenvalue weighted by Crippen LogP contribution is -2.34. The predicted molar refractivity (Wildman–Crippen MR) is 71.3 cm³/mol. The van der Waals surface area contributed by atoms with Crippen molar-refractivity contribution in [3.05, 3.63) is 29.3 Å². The highest BCUT2D eigenvalue weighted by atomic mass is 19.4. The molecule has 2 atom stereocenters. The van der Waals surface area contributed by atoms with Crippen LogP contribution in [0.1, 0.15) is 36.8 Å². The molecule has 0 heterocycles. The van der Waals surface area contributed by atoms with Crippen molar-refractivity contribution in [2.75, 3.05) is 5.32 Å². The van der Waals surface area contributed by atoms with E-state index in [9.17, 15) is 13.2 Å². The van der Waals surface area contributed by atoms with Gasteiger partial charge in [-0.25, -0.2) is 0 Å². The first kappa shape index (κ1) is 14.2. The third kappa shape index (κ3) is 3.64. The van der Waals surface area contributed by atoms with E-state index in [0.717, 1.165) is 17.7 Å². The quantitative estimate of drug-likeness (QED) is 0.811. The van der Waals surface area contributed by atoms with Crippen molar-refractivity contribution in [1.82, 2.24) is 0 Å². The number of hydrogen-bond acceptors (Lipinski definition) is 1. The van der Waals surface area contributed by atoms with E-state index < -0.39 is 12.1 Å². The van der Waals surface area contributed by atoms with E-state index in [1.165, 1.54) is 5.56 Å². The second-order valence-electron chi connectivity index (χ2n) is 5.55. The number of aryl methyl sites for hydroxylation is 2. The van der Waals surface area contributed by atoms with Gasteiger partial charge in [0.25, 0.3) is 0 Å². The van der Waals surface area contributed by atoms with Gasteiger partial charge < -0.3 is 5.32 Å². The summed E-state index contributed by atoms with van der Waals surface area (Å²) < 4.78 is 38.2. The molecule has 1 aromatic carbocycles. The highest BCUT2D eigenvalue weighted by molar-refractivity contribution is 5.48. The molecule has 1 aromatic rings. The van der Waals surface area contributed by atoms with Crippen LogP contribution < -0.4 is 5.32 Å². The Bertz CT molecular complexity index is 440. The molecule has 1 nitrogen and oxygen atoms in total. The van der Waals surface area contributed by atoms with E-state index in [1.54, 1.807) is 0 Å². The molecule has 2 unspecified atom stereocenters. The molecule has 0 saturated heterocycles. The topological polar surface area (TPSA) is 12.0 Å². The minimum absolute atomic E-state index is 0.0671. The minimum Gasteiger partial charge on any atom is -0.382 e. The molecule has 2 rings (SSSR count). The maximum atomic E-state index is 12.7. The number of rotatable bonds is 2. The molecule has 0 aliphatic heterocycles. The molecule has 1 fully saturated rings. The van der Waals surface area contributed by atoms with E-state index in [1.807, 2.05) is 32.0 Å². The van der Waals surface area contributed by atoms with Gasteiger partial charge >= 0.3 is 6.18 Å². The first-order valence-electron chi connectivity index (χ1n) is 6.77. The van der Waals surface area contributed by atoms with Gasteiger partial charge in [0.2, 0.25) is 0 Å². The van der Waals surface area contributed by atoms with Crippen LogP contribution in [0.5, 0.6) is 0 Å². The molecule has 0 aromatic heterocycles. The fourth-order valence-electron chi connectivity index (χ4n) is 2.69. The van der Waals surface area contributed by atoms with E-state index >= 15 is 0 Å². The van der Waals surface area contributed by atoms with Crippen LogP contribution in [0.25, 0.3) is 0 Å². The van der Waals surface area contributed by atoms with Crippen LogP contribution in [0.3, 0.4) is 0 Å². The van der Waals surface area contributed by atoms with Crippen LogP contribution in [0.4, 0.5) is 18.9 Å². The summed E-state index contributed by atoms with van der Waals surface area (Å²) >= 11 is 0. The number of anilines is 1. The molecule has 0 radical (unpaired) electrons. The molecule has 0 bridgehead atoms. The monoisotopic (exact) mass is 271 g/mol. The standard InChI is InChI=1S/C15H20F3N/c1-10-6-7-14(8-11(10)2)19-13-5-3-4-12(9-13)15(16,17)18/h6-8,12-13,19H,3-5,9H2,1-2H3. The van der Waals surface area contributed by atoms with E-state index in [4.69, 9.17) is 0 Å². The van der Waals surface area contributed by atoms with Crippen LogP contribution >= 0.6 is 0 Å². The molecule has 106 valence electrons. The molecule has 1 aliphatic rings. The molecule has 19 heavy (non-hydrogen) atoms. The van der Waals surface area contributed by atoms with Crippen LogP contribution in [0.2, 0.25) is 0 Å². The fourth-order valence-corrected chi connectivity index (χ4v) is 2.69. The summed E-state index contributed by atoms with van der Waals surface area (Å²) in [4.78, 5) is 0. The molecule has 0 spiro atoms. The summed E-state index contributed by atoms with van der Waals surface area (Å²) in [6.07, 6.45) is -2.12. The van der Waals surface area contributed by atoms with Gasteiger partial charge in [-0.15, -0.1) is 0 Å². The molecule has 4 heteroatoms. The Kier molecular flexibility index (Phi) is 4.07. The van der Waals surface area contributed by atoms with Crippen LogP contribution in [-0.2, 0) is 0 Å². The molecular formula is C15H20F3N. The van der Waals surface area contributed by atoms with Gasteiger partial charge in [0.05, 0.1) is 5.92 Å². The molecule has 1 N–H and O–H groups in total. The zero-order chi connectivity index (χ0) is 14.0. The van der Waals surface area contributed by atoms with Gasteiger partial charge in [0.1, 0.15) is 0 Å². The number of halogens is 3. The summed E-state index contributed by atoms with van der Waals surface area (Å²) in [5, 5.41) is 3.25. The fraction of sp³-hybridized carbons (Fsp3) is 0.600. The molecule has 1 saturated carbocycles. The molecule has 0 amide bonds. The number of benzene rings is 1. The summed E-state index contributed by atoms with van der Waals surface area (Å²) in [7, 11) is 0. The highest BCUT2D eigenvalue weighted by Crippen LogP contribution is 2.38. The lowest BCUT2D eigenvalue weighted by atomic mass is 9.85. The highest BCUT2D eigenvalue weighted by Gasteiger charge is 2.42. The van der Waals surface area contributed by atoms with Crippen molar-refractivity contribution in [3.8, 4) is 0 Å². The Morgan fingerprint density at radius 1 is 1.11 bits per heavy atom. The Labute approximate surface area is 112 Å². The Morgan fingerprint density at radius 3 is 2.47 bits per heavy atom. The smallest absolute Gasteiger partial charge is 0.382 e. The van der Waals surface area contributed by atoms with Crippen LogP contribution in [-0.4, -0.2) is 12.2 Å². The van der Waals surface area contributed by atoms with Crippen molar-refractivity contribution in [3.63, 3.8) is 0 Å². The summed E-state index contributed by atoms with van der Waals surface area (Å²) in [5.74, 6) is -1.15. The second kappa shape index (κ2) is 5.43. The van der Waals surface area contributed by atoms with Gasteiger partial charge in [-0.3, -0.25) is 0 Å². The Morgan fingerprint density at radius 2 is 1.84 bits per heavy atom. The number of alkyl halides is 3.